The molecular formula is C20H26N2O2. The van der Waals surface area contributed by atoms with E-state index in [1.165, 1.54) is 35.9 Å². The smallest absolute Gasteiger partial charge is 0.248 e. The van der Waals surface area contributed by atoms with Crippen molar-refractivity contribution in [2.45, 2.75) is 44.9 Å². The van der Waals surface area contributed by atoms with E-state index >= 15 is 0 Å². The standard InChI is InChI=1S/C20H26N2O2/c1-20(2)11-14(12-5-7-24-8-6-12)10-16-15-9-13(19(21)23)3-4-17(15)22-18(16)20/h3-4,9,12,14,22H,5-8,10-11H2,1-2H3,(H2,21,23). The molecule has 3 N–H and O–H groups in total. The molecule has 0 spiro atoms. The molecule has 2 aromatic rings. The Kier molecular flexibility index (Phi) is 3.68. The number of nitrogens with one attached hydrogen (secondary N) is 1. The van der Waals surface area contributed by atoms with E-state index in [4.69, 9.17) is 10.5 Å². The summed E-state index contributed by atoms with van der Waals surface area (Å²) < 4.78 is 5.55. The number of amides is 1. The van der Waals surface area contributed by atoms with Gasteiger partial charge in [-0.25, -0.2) is 0 Å². The van der Waals surface area contributed by atoms with E-state index in [9.17, 15) is 4.79 Å². The Hall–Kier alpha value is -1.81. The van der Waals surface area contributed by atoms with Crippen LogP contribution in [0.3, 0.4) is 0 Å². The molecule has 1 aromatic heterocycles. The minimum Gasteiger partial charge on any atom is -0.381 e. The van der Waals surface area contributed by atoms with Gasteiger partial charge >= 0.3 is 0 Å². The van der Waals surface area contributed by atoms with Gasteiger partial charge in [0, 0.05) is 40.8 Å². The van der Waals surface area contributed by atoms with Crippen molar-refractivity contribution in [2.24, 2.45) is 17.6 Å². The molecule has 1 aliphatic carbocycles. The first-order valence-corrected chi connectivity index (χ1v) is 8.98. The van der Waals surface area contributed by atoms with Crippen molar-refractivity contribution in [3.8, 4) is 0 Å². The van der Waals surface area contributed by atoms with Crippen LogP contribution in [0.1, 0.15) is 54.7 Å². The molecule has 128 valence electrons. The molecule has 1 atom stereocenters. The molecule has 24 heavy (non-hydrogen) atoms. The first-order chi connectivity index (χ1) is 11.5. The average Bonchev–Trinajstić information content (AvgIpc) is 2.94. The third-order valence-electron chi connectivity index (χ3n) is 6.04. The van der Waals surface area contributed by atoms with Crippen molar-refractivity contribution < 1.29 is 9.53 Å². The van der Waals surface area contributed by atoms with Gasteiger partial charge in [-0.3, -0.25) is 4.79 Å². The topological polar surface area (TPSA) is 68.1 Å². The molecule has 4 rings (SSSR count). The molecule has 1 aliphatic heterocycles. The summed E-state index contributed by atoms with van der Waals surface area (Å²) in [6.07, 6.45) is 4.64. The lowest BCUT2D eigenvalue weighted by Gasteiger charge is -2.40. The van der Waals surface area contributed by atoms with Crippen LogP contribution in [0, 0.1) is 11.8 Å². The number of fused-ring (bicyclic) bond motifs is 3. The zero-order valence-electron chi connectivity index (χ0n) is 14.5. The van der Waals surface area contributed by atoms with Gasteiger partial charge in [0.25, 0.3) is 0 Å². The van der Waals surface area contributed by atoms with Crippen molar-refractivity contribution in [3.05, 3.63) is 35.0 Å². The number of benzene rings is 1. The SMILES string of the molecule is CC1(C)CC(C2CCOCC2)Cc2c1[nH]c1ccc(C(N)=O)cc21. The third kappa shape index (κ3) is 2.53. The van der Waals surface area contributed by atoms with Crippen molar-refractivity contribution in [3.63, 3.8) is 0 Å². The summed E-state index contributed by atoms with van der Waals surface area (Å²) in [7, 11) is 0. The van der Waals surface area contributed by atoms with Crippen LogP contribution >= 0.6 is 0 Å². The molecule has 1 unspecified atom stereocenters. The number of primary amides is 1. The van der Waals surface area contributed by atoms with Crippen LogP contribution in [0.5, 0.6) is 0 Å². The van der Waals surface area contributed by atoms with Crippen molar-refractivity contribution in [1.29, 1.82) is 0 Å². The van der Waals surface area contributed by atoms with Gasteiger partial charge < -0.3 is 15.5 Å². The molecule has 1 aromatic carbocycles. The van der Waals surface area contributed by atoms with Crippen molar-refractivity contribution in [1.82, 2.24) is 4.98 Å². The quantitative estimate of drug-likeness (QED) is 0.886. The Bertz CT molecular complexity index is 784. The zero-order valence-corrected chi connectivity index (χ0v) is 14.5. The average molecular weight is 326 g/mol. The second kappa shape index (κ2) is 5.62. The Labute approximate surface area is 142 Å². The number of carbonyl (C=O) groups excluding carboxylic acids is 1. The minimum absolute atomic E-state index is 0.127. The van der Waals surface area contributed by atoms with Gasteiger partial charge in [0.1, 0.15) is 0 Å². The normalized spacial score (nSPS) is 24.0. The highest BCUT2D eigenvalue weighted by Gasteiger charge is 2.39. The van der Waals surface area contributed by atoms with E-state index in [0.29, 0.717) is 11.5 Å². The number of aromatic nitrogens is 1. The van der Waals surface area contributed by atoms with Gasteiger partial charge in [0.2, 0.25) is 5.91 Å². The monoisotopic (exact) mass is 326 g/mol. The van der Waals surface area contributed by atoms with E-state index in [1.807, 2.05) is 18.2 Å². The first-order valence-electron chi connectivity index (χ1n) is 8.98. The fraction of sp³-hybridized carbons (Fsp3) is 0.550. The Morgan fingerprint density at radius 1 is 1.25 bits per heavy atom. The summed E-state index contributed by atoms with van der Waals surface area (Å²) in [5, 5.41) is 1.17. The molecular weight excluding hydrogens is 300 g/mol. The highest BCUT2D eigenvalue weighted by Crippen LogP contribution is 2.46. The summed E-state index contributed by atoms with van der Waals surface area (Å²) in [4.78, 5) is 15.2. The van der Waals surface area contributed by atoms with Crippen LogP contribution in [0.25, 0.3) is 10.9 Å². The number of H-pyrrole nitrogens is 1. The lowest BCUT2D eigenvalue weighted by molar-refractivity contribution is 0.0389. The predicted molar refractivity (Wildman–Crippen MR) is 95.2 cm³/mol. The van der Waals surface area contributed by atoms with E-state index in [-0.39, 0.29) is 11.3 Å². The lowest BCUT2D eigenvalue weighted by Crippen LogP contribution is -2.35. The summed E-state index contributed by atoms with van der Waals surface area (Å²) >= 11 is 0. The highest BCUT2D eigenvalue weighted by atomic mass is 16.5. The van der Waals surface area contributed by atoms with Crippen LogP contribution in [0.4, 0.5) is 0 Å². The van der Waals surface area contributed by atoms with E-state index < -0.39 is 0 Å². The molecule has 0 saturated carbocycles. The Morgan fingerprint density at radius 3 is 2.71 bits per heavy atom. The summed E-state index contributed by atoms with van der Waals surface area (Å²) in [5.74, 6) is 1.07. The predicted octanol–water partition coefficient (Wildman–Crippen LogP) is 3.53. The zero-order chi connectivity index (χ0) is 16.9. The Morgan fingerprint density at radius 2 is 2.00 bits per heavy atom. The van der Waals surface area contributed by atoms with Gasteiger partial charge in [0.05, 0.1) is 0 Å². The number of hydrogen-bond acceptors (Lipinski definition) is 2. The molecule has 4 nitrogen and oxygen atoms in total. The number of nitrogens with two attached hydrogens (primary N) is 1. The van der Waals surface area contributed by atoms with Crippen LogP contribution in [-0.4, -0.2) is 24.1 Å². The van der Waals surface area contributed by atoms with Gasteiger partial charge in [-0.05, 0) is 61.3 Å². The summed E-state index contributed by atoms with van der Waals surface area (Å²) in [5.41, 5.74) is 10.0. The molecule has 2 heterocycles. The van der Waals surface area contributed by atoms with E-state index in [2.05, 4.69) is 18.8 Å². The second-order valence-electron chi connectivity index (χ2n) is 8.11. The largest absolute Gasteiger partial charge is 0.381 e. The Balaban J connectivity index is 1.78. The second-order valence-corrected chi connectivity index (χ2v) is 8.11. The lowest BCUT2D eigenvalue weighted by atomic mass is 9.66. The minimum atomic E-state index is -0.358. The number of ether oxygens (including phenoxy) is 1. The maximum absolute atomic E-state index is 11.6. The fourth-order valence-corrected chi connectivity index (χ4v) is 4.80. The third-order valence-corrected chi connectivity index (χ3v) is 6.04. The van der Waals surface area contributed by atoms with Crippen LogP contribution in [0.15, 0.2) is 18.2 Å². The van der Waals surface area contributed by atoms with Crippen molar-refractivity contribution >= 4 is 16.8 Å². The fourth-order valence-electron chi connectivity index (χ4n) is 4.80. The summed E-state index contributed by atoms with van der Waals surface area (Å²) in [6.45, 7) is 6.46. The van der Waals surface area contributed by atoms with Gasteiger partial charge in [-0.1, -0.05) is 13.8 Å². The molecule has 1 amide bonds. The molecule has 1 fully saturated rings. The molecule has 0 bridgehead atoms. The highest BCUT2D eigenvalue weighted by molar-refractivity contribution is 5.98. The molecule has 4 heteroatoms. The van der Waals surface area contributed by atoms with Crippen LogP contribution < -0.4 is 5.73 Å². The number of carbonyl (C=O) groups is 1. The van der Waals surface area contributed by atoms with Crippen LogP contribution in [0.2, 0.25) is 0 Å². The van der Waals surface area contributed by atoms with Crippen molar-refractivity contribution in [2.75, 3.05) is 13.2 Å². The first kappa shape index (κ1) is 15.7. The van der Waals surface area contributed by atoms with Gasteiger partial charge in [0.15, 0.2) is 0 Å². The maximum atomic E-state index is 11.6. The maximum Gasteiger partial charge on any atom is 0.248 e. The van der Waals surface area contributed by atoms with Gasteiger partial charge in [-0.2, -0.15) is 0 Å². The summed E-state index contributed by atoms with van der Waals surface area (Å²) in [6, 6.07) is 5.78. The molecule has 1 saturated heterocycles. The number of rotatable bonds is 2. The van der Waals surface area contributed by atoms with Gasteiger partial charge in [-0.15, -0.1) is 0 Å². The van der Waals surface area contributed by atoms with E-state index in [1.54, 1.807) is 0 Å². The molecule has 2 aliphatic rings. The molecule has 0 radical (unpaired) electrons. The number of aromatic amines is 1. The van der Waals surface area contributed by atoms with Crippen LogP contribution in [-0.2, 0) is 16.6 Å². The number of hydrogen-bond donors (Lipinski definition) is 2. The van der Waals surface area contributed by atoms with E-state index in [0.717, 1.165) is 31.1 Å².